The molecule has 12 heavy (non-hydrogen) atoms. The van der Waals surface area contributed by atoms with Gasteiger partial charge < -0.3 is 5.11 Å². The van der Waals surface area contributed by atoms with E-state index in [9.17, 15) is 5.11 Å². The monoisotopic (exact) mass is 169 g/mol. The molecular weight excluding hydrogens is 150 g/mol. The Balaban J connectivity index is 2.30. The van der Waals surface area contributed by atoms with Crippen molar-refractivity contribution in [3.05, 3.63) is 12.2 Å². The zero-order chi connectivity index (χ0) is 8.97. The third-order valence-corrected chi connectivity index (χ3v) is 2.54. The number of piperidine rings is 1. The summed E-state index contributed by atoms with van der Waals surface area (Å²) in [7, 11) is 0. The lowest BCUT2D eigenvalue weighted by molar-refractivity contribution is 0.0396. The van der Waals surface area contributed by atoms with E-state index in [4.69, 9.17) is 0 Å². The van der Waals surface area contributed by atoms with Crippen LogP contribution in [0.2, 0.25) is 0 Å². The fraction of sp³-hybridized carbons (Fsp3) is 0.800. The van der Waals surface area contributed by atoms with Gasteiger partial charge in [0.25, 0.3) is 0 Å². The number of nitrogens with zero attached hydrogens (tertiary/aromatic N) is 1. The summed E-state index contributed by atoms with van der Waals surface area (Å²) in [4.78, 5) is 2.39. The van der Waals surface area contributed by atoms with Gasteiger partial charge in [-0.05, 0) is 19.3 Å². The minimum atomic E-state index is -0.0770. The molecule has 1 rings (SSSR count). The summed E-state index contributed by atoms with van der Waals surface area (Å²) in [5, 5.41) is 9.48. The Morgan fingerprint density at radius 3 is 2.92 bits per heavy atom. The Bertz CT molecular complexity index is 156. The summed E-state index contributed by atoms with van der Waals surface area (Å²) in [6.07, 6.45) is 5.10. The van der Waals surface area contributed by atoms with Crippen LogP contribution in [0.25, 0.3) is 0 Å². The zero-order valence-corrected chi connectivity index (χ0v) is 8.03. The number of allylic oxidation sites excluding steroid dienone is 1. The molecular formula is C10H19NO. The Hall–Kier alpha value is -0.340. The van der Waals surface area contributed by atoms with E-state index in [0.717, 1.165) is 26.1 Å². The SMILES string of the molecule is C/C=C/CN1CCC(O)C(C)C1. The molecule has 0 aromatic rings. The Morgan fingerprint density at radius 1 is 1.58 bits per heavy atom. The van der Waals surface area contributed by atoms with Gasteiger partial charge in [0.1, 0.15) is 0 Å². The third-order valence-electron chi connectivity index (χ3n) is 2.54. The molecule has 0 bridgehead atoms. The summed E-state index contributed by atoms with van der Waals surface area (Å²) < 4.78 is 0. The lowest BCUT2D eigenvalue weighted by Gasteiger charge is -2.33. The fourth-order valence-electron chi connectivity index (χ4n) is 1.64. The number of aliphatic hydroxyl groups is 1. The average molecular weight is 169 g/mol. The summed E-state index contributed by atoms with van der Waals surface area (Å²) >= 11 is 0. The molecule has 2 heteroatoms. The second kappa shape index (κ2) is 4.63. The van der Waals surface area contributed by atoms with Gasteiger partial charge in [-0.1, -0.05) is 19.1 Å². The molecule has 0 aromatic heterocycles. The highest BCUT2D eigenvalue weighted by Crippen LogP contribution is 2.15. The van der Waals surface area contributed by atoms with E-state index in [0.29, 0.717) is 5.92 Å². The van der Waals surface area contributed by atoms with Gasteiger partial charge in [-0.15, -0.1) is 0 Å². The average Bonchev–Trinajstić information content (AvgIpc) is 2.07. The quantitative estimate of drug-likeness (QED) is 0.629. The van der Waals surface area contributed by atoms with E-state index in [1.807, 2.05) is 6.92 Å². The Kier molecular flexibility index (Phi) is 3.76. The molecule has 1 heterocycles. The Labute approximate surface area is 74.9 Å². The predicted octanol–water partition coefficient (Wildman–Crippen LogP) is 1.27. The van der Waals surface area contributed by atoms with Crippen molar-refractivity contribution in [2.45, 2.75) is 26.4 Å². The van der Waals surface area contributed by atoms with Gasteiger partial charge in [-0.25, -0.2) is 0 Å². The number of aliphatic hydroxyl groups excluding tert-OH is 1. The zero-order valence-electron chi connectivity index (χ0n) is 8.03. The smallest absolute Gasteiger partial charge is 0.0590 e. The molecule has 0 aliphatic carbocycles. The predicted molar refractivity (Wildman–Crippen MR) is 51.0 cm³/mol. The first kappa shape index (κ1) is 9.75. The second-order valence-electron chi connectivity index (χ2n) is 3.66. The van der Waals surface area contributed by atoms with Crippen LogP contribution in [0.1, 0.15) is 20.3 Å². The molecule has 2 nitrogen and oxygen atoms in total. The van der Waals surface area contributed by atoms with Crippen molar-refractivity contribution in [3.63, 3.8) is 0 Å². The maximum atomic E-state index is 9.48. The molecule has 0 spiro atoms. The molecule has 2 unspecified atom stereocenters. The van der Waals surface area contributed by atoms with Gasteiger partial charge in [0.05, 0.1) is 6.10 Å². The summed E-state index contributed by atoms with van der Waals surface area (Å²) in [6.45, 7) is 7.27. The van der Waals surface area contributed by atoms with Crippen LogP contribution in [0, 0.1) is 5.92 Å². The lowest BCUT2D eigenvalue weighted by Crippen LogP contribution is -2.41. The molecule has 2 atom stereocenters. The van der Waals surface area contributed by atoms with Crippen molar-refractivity contribution < 1.29 is 5.11 Å². The molecule has 70 valence electrons. The van der Waals surface area contributed by atoms with Crippen LogP contribution in [0.5, 0.6) is 0 Å². The van der Waals surface area contributed by atoms with E-state index < -0.39 is 0 Å². The standard InChI is InChI=1S/C10H19NO/c1-3-4-6-11-7-5-10(12)9(2)8-11/h3-4,9-10,12H,5-8H2,1-2H3/b4-3+. The van der Waals surface area contributed by atoms with Crippen LogP contribution in [0.4, 0.5) is 0 Å². The highest BCUT2D eigenvalue weighted by atomic mass is 16.3. The van der Waals surface area contributed by atoms with Crippen LogP contribution in [0.15, 0.2) is 12.2 Å². The molecule has 1 saturated heterocycles. The number of rotatable bonds is 2. The first-order valence-corrected chi connectivity index (χ1v) is 4.75. The maximum absolute atomic E-state index is 9.48. The van der Waals surface area contributed by atoms with Crippen molar-refractivity contribution in [3.8, 4) is 0 Å². The topological polar surface area (TPSA) is 23.5 Å². The van der Waals surface area contributed by atoms with E-state index in [-0.39, 0.29) is 6.10 Å². The number of hydrogen-bond acceptors (Lipinski definition) is 2. The molecule has 1 aliphatic rings. The molecule has 1 N–H and O–H groups in total. The fourth-order valence-corrected chi connectivity index (χ4v) is 1.64. The van der Waals surface area contributed by atoms with Gasteiger partial charge in [0, 0.05) is 19.6 Å². The number of hydrogen-bond donors (Lipinski definition) is 1. The van der Waals surface area contributed by atoms with Crippen LogP contribution in [0.3, 0.4) is 0 Å². The molecule has 0 radical (unpaired) electrons. The molecule has 0 aromatic carbocycles. The largest absolute Gasteiger partial charge is 0.393 e. The van der Waals surface area contributed by atoms with Gasteiger partial charge in [-0.3, -0.25) is 4.90 Å². The van der Waals surface area contributed by atoms with Gasteiger partial charge >= 0.3 is 0 Å². The van der Waals surface area contributed by atoms with Gasteiger partial charge in [-0.2, -0.15) is 0 Å². The molecule has 1 fully saturated rings. The van der Waals surface area contributed by atoms with Crippen molar-refractivity contribution in [2.24, 2.45) is 5.92 Å². The molecule has 0 amide bonds. The Morgan fingerprint density at radius 2 is 2.33 bits per heavy atom. The van der Waals surface area contributed by atoms with E-state index in [1.165, 1.54) is 0 Å². The van der Waals surface area contributed by atoms with Gasteiger partial charge in [0.15, 0.2) is 0 Å². The van der Waals surface area contributed by atoms with E-state index in [1.54, 1.807) is 0 Å². The van der Waals surface area contributed by atoms with Crippen molar-refractivity contribution >= 4 is 0 Å². The van der Waals surface area contributed by atoms with Crippen LogP contribution >= 0.6 is 0 Å². The number of likely N-dealkylation sites (tertiary alicyclic amines) is 1. The van der Waals surface area contributed by atoms with Gasteiger partial charge in [0.2, 0.25) is 0 Å². The van der Waals surface area contributed by atoms with E-state index >= 15 is 0 Å². The minimum Gasteiger partial charge on any atom is -0.393 e. The lowest BCUT2D eigenvalue weighted by atomic mass is 9.97. The second-order valence-corrected chi connectivity index (χ2v) is 3.66. The first-order valence-electron chi connectivity index (χ1n) is 4.75. The normalized spacial score (nSPS) is 32.9. The van der Waals surface area contributed by atoms with Crippen LogP contribution in [-0.4, -0.2) is 35.7 Å². The van der Waals surface area contributed by atoms with Crippen molar-refractivity contribution in [2.75, 3.05) is 19.6 Å². The molecule has 1 aliphatic heterocycles. The highest BCUT2D eigenvalue weighted by molar-refractivity contribution is 4.85. The summed E-state index contributed by atoms with van der Waals surface area (Å²) in [5.41, 5.74) is 0. The van der Waals surface area contributed by atoms with Crippen LogP contribution in [-0.2, 0) is 0 Å². The highest BCUT2D eigenvalue weighted by Gasteiger charge is 2.22. The third kappa shape index (κ3) is 2.61. The van der Waals surface area contributed by atoms with Crippen LogP contribution < -0.4 is 0 Å². The van der Waals surface area contributed by atoms with Crippen molar-refractivity contribution in [1.29, 1.82) is 0 Å². The summed E-state index contributed by atoms with van der Waals surface area (Å²) in [6, 6.07) is 0. The van der Waals surface area contributed by atoms with Crippen molar-refractivity contribution in [1.82, 2.24) is 4.90 Å². The minimum absolute atomic E-state index is 0.0770. The maximum Gasteiger partial charge on any atom is 0.0590 e. The summed E-state index contributed by atoms with van der Waals surface area (Å²) in [5.74, 6) is 0.434. The van der Waals surface area contributed by atoms with E-state index in [2.05, 4.69) is 24.0 Å². The first-order chi connectivity index (χ1) is 5.74. The molecule has 0 saturated carbocycles.